The van der Waals surface area contributed by atoms with Crippen molar-refractivity contribution in [3.05, 3.63) is 113 Å². The van der Waals surface area contributed by atoms with Crippen molar-refractivity contribution in [1.29, 1.82) is 0 Å². The van der Waals surface area contributed by atoms with Gasteiger partial charge in [0.1, 0.15) is 28.8 Å². The maximum atomic E-state index is 14.0. The summed E-state index contributed by atoms with van der Waals surface area (Å²) in [6.45, 7) is 7.19. The number of rotatable bonds is 10. The Morgan fingerprint density at radius 3 is 2.05 bits per heavy atom. The van der Waals surface area contributed by atoms with Gasteiger partial charge in [0.25, 0.3) is 5.91 Å². The summed E-state index contributed by atoms with van der Waals surface area (Å²) in [6.07, 6.45) is 0.167. The second-order valence-electron chi connectivity index (χ2n) is 14.1. The average Bonchev–Trinajstić information content (AvgIpc) is 3.18. The molecule has 0 aromatic heterocycles. The number of carbonyl (C=O) groups is 7. The Labute approximate surface area is 327 Å². The zero-order valence-electron chi connectivity index (χ0n) is 31.2. The molecular formula is C40H42N6O9S. The van der Waals surface area contributed by atoms with E-state index in [2.05, 4.69) is 16.0 Å². The van der Waals surface area contributed by atoms with Gasteiger partial charge in [0.15, 0.2) is 6.10 Å². The third-order valence-corrected chi connectivity index (χ3v) is 10.3. The van der Waals surface area contributed by atoms with Crippen LogP contribution in [-0.2, 0) is 33.4 Å². The maximum absolute atomic E-state index is 14.0. The summed E-state index contributed by atoms with van der Waals surface area (Å²) in [5.74, 6) is -3.60. The summed E-state index contributed by atoms with van der Waals surface area (Å²) in [4.78, 5) is 96.0. The van der Waals surface area contributed by atoms with E-state index >= 15 is 0 Å². The highest BCUT2D eigenvalue weighted by atomic mass is 32.2. The van der Waals surface area contributed by atoms with Crippen molar-refractivity contribution in [3.8, 4) is 0 Å². The highest BCUT2D eigenvalue weighted by Gasteiger charge is 2.53. The molecule has 16 heteroatoms. The van der Waals surface area contributed by atoms with Crippen LogP contribution >= 0.6 is 11.8 Å². The molecule has 0 aliphatic carbocycles. The van der Waals surface area contributed by atoms with Gasteiger partial charge < -0.3 is 25.0 Å². The van der Waals surface area contributed by atoms with Crippen LogP contribution in [0, 0.1) is 0 Å². The lowest BCUT2D eigenvalue weighted by atomic mass is 10.0. The number of imide groups is 1. The van der Waals surface area contributed by atoms with Gasteiger partial charge in [-0.2, -0.15) is 0 Å². The Morgan fingerprint density at radius 2 is 1.46 bits per heavy atom. The largest absolute Gasteiger partial charge is 0.448 e. The van der Waals surface area contributed by atoms with Crippen LogP contribution in [0.3, 0.4) is 0 Å². The van der Waals surface area contributed by atoms with Gasteiger partial charge in [0, 0.05) is 31.1 Å². The Bertz CT molecular complexity index is 2000. The molecular weight excluding hydrogens is 741 g/mol. The first kappa shape index (κ1) is 39.5. The Hall–Kier alpha value is -6.16. The quantitative estimate of drug-likeness (QED) is 0.154. The summed E-state index contributed by atoms with van der Waals surface area (Å²) in [5.41, 5.74) is 1.38. The fourth-order valence-corrected chi connectivity index (χ4v) is 7.56. The molecule has 292 valence electrons. The minimum atomic E-state index is -1.45. The number of ether oxygens (including phenoxy) is 2. The molecule has 3 N–H and O–H groups in total. The Morgan fingerprint density at radius 1 is 0.839 bits per heavy atom. The number of hydrogen-bond donors (Lipinski definition) is 3. The highest BCUT2D eigenvalue weighted by molar-refractivity contribution is 8.00. The predicted octanol–water partition coefficient (Wildman–Crippen LogP) is 4.09. The van der Waals surface area contributed by atoms with Gasteiger partial charge in [0.05, 0.1) is 0 Å². The van der Waals surface area contributed by atoms with Crippen molar-refractivity contribution >= 4 is 59.2 Å². The number of β-lactam (4-membered cyclic amide) rings is 1. The van der Waals surface area contributed by atoms with E-state index in [-0.39, 0.29) is 30.9 Å². The Balaban J connectivity index is 1.18. The van der Waals surface area contributed by atoms with E-state index in [1.54, 1.807) is 33.8 Å². The zero-order chi connectivity index (χ0) is 40.1. The first-order valence-electron chi connectivity index (χ1n) is 18.0. The number of amides is 7. The summed E-state index contributed by atoms with van der Waals surface area (Å²) in [5, 5.41) is 7.21. The van der Waals surface area contributed by atoms with E-state index in [0.29, 0.717) is 11.4 Å². The lowest BCUT2D eigenvalue weighted by Crippen LogP contribution is -2.71. The van der Waals surface area contributed by atoms with Crippen molar-refractivity contribution in [2.75, 3.05) is 30.7 Å². The van der Waals surface area contributed by atoms with E-state index in [4.69, 9.17) is 9.47 Å². The number of anilines is 1. The van der Waals surface area contributed by atoms with Crippen LogP contribution in [0.15, 0.2) is 96.7 Å². The molecule has 0 radical (unpaired) electrons. The topological polar surface area (TPSA) is 184 Å². The van der Waals surface area contributed by atoms with Gasteiger partial charge in [-0.25, -0.2) is 14.4 Å². The van der Waals surface area contributed by atoms with E-state index in [1.165, 1.54) is 45.8 Å². The average molecular weight is 783 g/mol. The molecule has 0 unspecified atom stereocenters. The molecule has 2 saturated heterocycles. The van der Waals surface area contributed by atoms with Crippen LogP contribution in [-0.4, -0.2) is 98.8 Å². The number of esters is 1. The molecule has 7 amide bonds. The molecule has 15 nitrogen and oxygen atoms in total. The molecule has 3 atom stereocenters. The minimum absolute atomic E-state index is 0.0495. The van der Waals surface area contributed by atoms with Crippen molar-refractivity contribution in [2.45, 2.75) is 56.9 Å². The van der Waals surface area contributed by atoms with Crippen molar-refractivity contribution in [1.82, 2.24) is 25.3 Å². The lowest BCUT2D eigenvalue weighted by Gasteiger charge is -2.48. The van der Waals surface area contributed by atoms with Gasteiger partial charge in [-0.3, -0.25) is 34.3 Å². The molecule has 0 spiro atoms. The highest BCUT2D eigenvalue weighted by Crippen LogP contribution is 2.39. The molecule has 3 aliphatic heterocycles. The molecule has 2 fully saturated rings. The maximum Gasteiger partial charge on any atom is 0.412 e. The van der Waals surface area contributed by atoms with Crippen LogP contribution in [0.2, 0.25) is 0 Å². The lowest BCUT2D eigenvalue weighted by molar-refractivity contribution is -0.154. The van der Waals surface area contributed by atoms with E-state index in [1.807, 2.05) is 60.7 Å². The number of hydrogen-bond acceptors (Lipinski definition) is 10. The summed E-state index contributed by atoms with van der Waals surface area (Å²) < 4.78 is 11.3. The summed E-state index contributed by atoms with van der Waals surface area (Å²) in [7, 11) is 0. The number of carbonyl (C=O) groups excluding carboxylic acids is 7. The summed E-state index contributed by atoms with van der Waals surface area (Å²) in [6, 6.07) is 20.9. The monoisotopic (exact) mass is 782 g/mol. The minimum Gasteiger partial charge on any atom is -0.448 e. The molecule has 3 aromatic rings. The molecule has 3 heterocycles. The van der Waals surface area contributed by atoms with Crippen LogP contribution in [0.1, 0.15) is 56.5 Å². The van der Waals surface area contributed by atoms with E-state index < -0.39 is 70.9 Å². The number of fused-ring (bicyclic) bond motifs is 1. The normalized spacial score (nSPS) is 18.6. The van der Waals surface area contributed by atoms with E-state index in [9.17, 15) is 33.6 Å². The molecule has 56 heavy (non-hydrogen) atoms. The molecule has 0 saturated carbocycles. The third-order valence-electron chi connectivity index (χ3n) is 9.14. The molecule has 6 rings (SSSR count). The number of urea groups is 1. The van der Waals surface area contributed by atoms with Gasteiger partial charge in [0.2, 0.25) is 5.91 Å². The number of nitrogens with one attached hydrogen (secondary N) is 3. The zero-order valence-corrected chi connectivity index (χ0v) is 32.0. The second kappa shape index (κ2) is 16.7. The van der Waals surface area contributed by atoms with E-state index in [0.717, 1.165) is 16.0 Å². The van der Waals surface area contributed by atoms with Crippen LogP contribution in [0.25, 0.3) is 0 Å². The third kappa shape index (κ3) is 8.70. The first-order chi connectivity index (χ1) is 26.8. The van der Waals surface area contributed by atoms with Gasteiger partial charge in [-0.15, -0.1) is 11.8 Å². The number of thioether (sulfide) groups is 1. The molecule has 0 bridgehead atoms. The summed E-state index contributed by atoms with van der Waals surface area (Å²) >= 11 is 1.33. The predicted molar refractivity (Wildman–Crippen MR) is 205 cm³/mol. The van der Waals surface area contributed by atoms with Crippen LogP contribution in [0.4, 0.5) is 15.3 Å². The number of nitrogens with zero attached hydrogens (tertiary/aromatic N) is 3. The standard InChI is InChI=1S/C40H42N6O9S/c1-5-44-21-22-45(35(50)34(44)49)38(52)43-29(24-16-18-27(19-17-24)41-39(53)55-40(2,3)4)32(47)42-30-33(48)46-28(20-23-56-36(30)46)37(51)54-31(25-12-8-6-9-13-25)26-14-10-7-11-15-26/h6-20,29-31,36H,5,21-23H2,1-4H3,(H,41,53)(H,42,47)(H,43,52)/t29-,30-,36+/m1/s1. The molecule has 3 aliphatic rings. The number of piperazine rings is 1. The van der Waals surface area contributed by atoms with Gasteiger partial charge >= 0.3 is 29.9 Å². The number of benzene rings is 3. The van der Waals surface area contributed by atoms with Crippen molar-refractivity contribution in [2.24, 2.45) is 0 Å². The molecule has 3 aromatic carbocycles. The second-order valence-corrected chi connectivity index (χ2v) is 15.2. The Kier molecular flexibility index (Phi) is 11.8. The van der Waals surface area contributed by atoms with Gasteiger partial charge in [-0.05, 0) is 62.6 Å². The fraction of sp³-hybridized carbons (Fsp3) is 0.325. The SMILES string of the molecule is CCN1CCN(C(=O)N[C@@H](C(=O)N[C@@H]2C(=O)N3C(C(=O)OC(c4ccccc4)c4ccccc4)=CCS[C@@H]23)c2ccc(NC(=O)OC(C)(C)C)cc2)C(=O)C1=O. The van der Waals surface area contributed by atoms with Crippen molar-refractivity contribution < 1.29 is 43.0 Å². The van der Waals surface area contributed by atoms with Crippen LogP contribution < -0.4 is 16.0 Å². The van der Waals surface area contributed by atoms with Gasteiger partial charge in [-0.1, -0.05) is 72.8 Å². The van der Waals surface area contributed by atoms with Crippen molar-refractivity contribution in [3.63, 3.8) is 0 Å². The number of likely N-dealkylation sites (N-methyl/N-ethyl adjacent to an activating group) is 1. The fourth-order valence-electron chi connectivity index (χ4n) is 6.37. The van der Waals surface area contributed by atoms with Crippen LogP contribution in [0.5, 0.6) is 0 Å². The first-order valence-corrected chi connectivity index (χ1v) is 19.1. The smallest absolute Gasteiger partial charge is 0.412 e.